The van der Waals surface area contributed by atoms with Crippen molar-refractivity contribution < 1.29 is 132 Å². The smallest absolute Gasteiger partial charge is 0.410 e. The lowest BCUT2D eigenvalue weighted by Crippen LogP contribution is -2.66. The van der Waals surface area contributed by atoms with Gasteiger partial charge in [-0.1, -0.05) is 158 Å². The molecule has 0 unspecified atom stereocenters. The highest BCUT2D eigenvalue weighted by molar-refractivity contribution is 6.32. The van der Waals surface area contributed by atoms with Crippen molar-refractivity contribution in [2.75, 3.05) is 26.9 Å². The number of aliphatic hydroxyl groups excluding tert-OH is 6. The van der Waals surface area contributed by atoms with E-state index in [1.807, 2.05) is 97.1 Å². The molecular weight excluding hydrogens is 1920 g/mol. The minimum absolute atomic E-state index is 0.0397. The number of ether oxygens (including phenoxy) is 8. The average molecular weight is 2040 g/mol. The first-order valence-electron chi connectivity index (χ1n) is 49.4. The molecule has 764 valence electrons. The molecule has 9 aromatic carbocycles. The molecule has 7 amide bonds. The lowest BCUT2D eigenvalue weighted by atomic mass is 9.51. The van der Waals surface area contributed by atoms with Crippen LogP contribution < -0.4 is 46.5 Å². The van der Waals surface area contributed by atoms with Crippen molar-refractivity contribution in [3.8, 4) is 67.9 Å². The topological polar surface area (TPSA) is 516 Å². The fraction of sp³-hybridized carbons (Fsp3) is 0.418. The lowest BCUT2D eigenvalue weighted by molar-refractivity contribution is -0.334. The second-order valence-corrected chi connectivity index (χ2v) is 42.2. The molecular formula is C110H113Cl2N7O27. The fourth-order valence-corrected chi connectivity index (χ4v) is 24.9. The van der Waals surface area contributed by atoms with Gasteiger partial charge in [-0.2, -0.15) is 0 Å². The molecule has 7 aliphatic carbocycles. The van der Waals surface area contributed by atoms with E-state index in [9.17, 15) is 60.3 Å². The molecule has 4 saturated carbocycles. The van der Waals surface area contributed by atoms with Crippen LogP contribution in [0.1, 0.15) is 202 Å². The molecule has 18 atom stereocenters. The normalized spacial score (nSPS) is 29.0. The van der Waals surface area contributed by atoms with E-state index in [-0.39, 0.29) is 112 Å². The Bertz CT molecular complexity index is 6620. The summed E-state index contributed by atoms with van der Waals surface area (Å²) in [4.78, 5) is 156. The minimum atomic E-state index is -2.97. The maximum absolute atomic E-state index is 17.0. The quantitative estimate of drug-likeness (QED) is 0.0315. The third kappa shape index (κ3) is 19.0. The van der Waals surface area contributed by atoms with E-state index in [1.165, 1.54) is 75.5 Å². The molecule has 9 aromatic rings. The molecule has 7 heterocycles. The Labute approximate surface area is 848 Å². The Morgan fingerprint density at radius 3 is 1.73 bits per heavy atom. The van der Waals surface area contributed by atoms with Crippen LogP contribution in [0.4, 0.5) is 9.59 Å². The molecule has 15 bridgehead atoms. The molecule has 146 heavy (non-hydrogen) atoms. The number of phenols is 1. The van der Waals surface area contributed by atoms with Crippen LogP contribution >= 0.6 is 23.2 Å². The van der Waals surface area contributed by atoms with Crippen molar-refractivity contribution in [2.24, 2.45) is 47.2 Å². The van der Waals surface area contributed by atoms with E-state index in [2.05, 4.69) is 26.6 Å². The van der Waals surface area contributed by atoms with Gasteiger partial charge < -0.3 is 116 Å². The number of fused-ring (bicyclic) bond motifs is 18. The number of aliphatic hydroxyl groups is 8. The van der Waals surface area contributed by atoms with E-state index in [1.54, 1.807) is 13.8 Å². The van der Waals surface area contributed by atoms with Crippen LogP contribution in [0.5, 0.6) is 34.5 Å². The van der Waals surface area contributed by atoms with Gasteiger partial charge in [0, 0.05) is 62.1 Å². The number of alkyl carbamates (subject to hydrolysis) is 1. The third-order valence-corrected chi connectivity index (χ3v) is 32.1. The Morgan fingerprint density at radius 2 is 1.16 bits per heavy atom. The van der Waals surface area contributed by atoms with Crippen LogP contribution in [-0.4, -0.2) is 210 Å². The number of likely N-dealkylation sites (N-methyl/N-ethyl adjacent to an activating group) is 1. The first-order valence-corrected chi connectivity index (χ1v) is 50.1. The number of nitrogens with zero attached hydrogens (tertiary/aromatic N) is 1. The van der Waals surface area contributed by atoms with E-state index >= 15 is 33.6 Å². The van der Waals surface area contributed by atoms with Crippen LogP contribution in [0.25, 0.3) is 33.4 Å². The summed E-state index contributed by atoms with van der Waals surface area (Å²) in [5.74, 6) is -18.8. The van der Waals surface area contributed by atoms with E-state index < -0.39 is 251 Å². The number of benzene rings is 9. The monoisotopic (exact) mass is 2030 g/mol. The number of carbonyl (C=O) groups is 10. The number of nitrogens with two attached hydrogens (primary N) is 1. The van der Waals surface area contributed by atoms with Gasteiger partial charge >= 0.3 is 12.2 Å². The Kier molecular flexibility index (Phi) is 27.6. The van der Waals surface area contributed by atoms with Crippen molar-refractivity contribution in [3.63, 3.8) is 0 Å². The lowest BCUT2D eigenvalue weighted by Gasteiger charge is -2.54. The number of nitrogens with one attached hydrogen (secondary N) is 5. The summed E-state index contributed by atoms with van der Waals surface area (Å²) in [5, 5.41) is 124. The van der Waals surface area contributed by atoms with Gasteiger partial charge in [-0.3, -0.25) is 43.3 Å². The van der Waals surface area contributed by atoms with Crippen molar-refractivity contribution in [3.05, 3.63) is 247 Å². The average Bonchev–Trinajstić information content (AvgIpc) is 1.55. The molecule has 14 aliphatic rings. The molecule has 36 heteroatoms. The molecule has 0 radical (unpaired) electrons. The van der Waals surface area contributed by atoms with Crippen molar-refractivity contribution in [1.29, 1.82) is 0 Å². The second kappa shape index (κ2) is 40.1. The van der Waals surface area contributed by atoms with Crippen LogP contribution in [0, 0.1) is 41.4 Å². The van der Waals surface area contributed by atoms with Gasteiger partial charge in [-0.15, -0.1) is 0 Å². The first-order chi connectivity index (χ1) is 69.8. The van der Waals surface area contributed by atoms with Gasteiger partial charge in [-0.05, 0) is 226 Å². The SMILES string of the molecule is CC(C)C[C@H](C(=O)N[C@H]1C(=O)C[C@@H](CC(N)=O)C(=O)N[C@H]2C(=O)C[C@H]3C(=O)N[C@H](C(=O)N[C@H](C(=O)CC4C5CC6CC(C5)CC4C6)c4cc(O)cc5c4-c4cc3ccc4C5(O)O)[C@H](O)c3ccc(c(Cl)c3)Oc3cc2cc(c3O[C@@H]2O[C@H](CO)[C@@H](O)[C@H](O)[C@H]2O[C@H]2C[C@](C)(NC(=O)OCC3c4ccccc4-c4ccccc43)[C@H](O)[C@H](C)O2)Oc2ccc(cc2Cl)[C@H]1O)N(C)C(=O)OCC1c2ccccc2-c2ccccc21. The molecule has 0 aromatic heterocycles. The number of carbonyl (C=O) groups excluding carboxylic acids is 10. The Morgan fingerprint density at radius 1 is 0.596 bits per heavy atom. The largest absolute Gasteiger partial charge is 0.508 e. The summed E-state index contributed by atoms with van der Waals surface area (Å²) in [6, 6.07) is 36.6. The van der Waals surface area contributed by atoms with Crippen LogP contribution in [0.3, 0.4) is 0 Å². The van der Waals surface area contributed by atoms with Gasteiger partial charge in [0.05, 0.1) is 40.1 Å². The van der Waals surface area contributed by atoms with Crippen LogP contribution in [0.2, 0.25) is 10.0 Å². The number of Topliss-reactive ketones (excluding diaryl/α,β-unsaturated/α-hetero) is 3. The zero-order valence-electron chi connectivity index (χ0n) is 80.2. The first kappa shape index (κ1) is 101. The van der Waals surface area contributed by atoms with Gasteiger partial charge in [0.2, 0.25) is 47.4 Å². The van der Waals surface area contributed by atoms with E-state index in [0.29, 0.717) is 11.8 Å². The number of primary amides is 1. The summed E-state index contributed by atoms with van der Waals surface area (Å²) in [7, 11) is 1.33. The molecule has 34 nitrogen and oxygen atoms in total. The number of hydrogen-bond acceptors (Lipinski definition) is 27. The van der Waals surface area contributed by atoms with Crippen molar-refractivity contribution >= 4 is 82.3 Å². The molecule has 6 fully saturated rings. The number of hydrogen-bond donors (Lipinski definition) is 15. The van der Waals surface area contributed by atoms with Crippen LogP contribution in [0.15, 0.2) is 176 Å². The standard InChI is InChI=1S/C110H113Cl2N7O27/c1-49(2)28-79(119(5)108(136)140-48-74-67-20-12-8-16-63(67)64-17-9-13-21-68(64)74)104(133)116-93-80(122)37-59(40-88(113)125)102(131)114-91-58-38-85(142-83-26-23-54(95(93)126)35-77(83)111)99(146-106-100(98(129)97(128)87(46-120)144-106)145-89-45-109(4,101(130)50(3)141-89)118-107(135)139-47-73-65-18-10-6-14-61(65)62-15-7-11-19-66(62)73)86(39-58)143-84-27-24-55(36-78(84)112)96(127)94-105(134)115-92(82(124)43-69-56-30-51-29-52(32-56)33-57(69)31-51)72-41-60(121)42-76-90(72)71-34-53(22-25-75(71)110(76,137)138)70(44-81(91)123)103(132)117-94/h6-27,34-36,38-39,41-42,49-52,56-57,59,69-70,73-74,79,87,89,91-98,100-101,106,120-121,126-130,137-138H,28-33,37,40,43-48H2,1-5H3,(H2,113,125)(H,114,131)(H,115,134)(H,116,133)(H,117,132)(H,118,135)/t50-,51?,52?,56?,57?,59-,69?,70+,79+,87+,89-,91+,92-,93-,94-,95+,96+,97+,98-,100+,101+,106-,109-/m0/s1. The highest BCUT2D eigenvalue weighted by Crippen LogP contribution is 2.60. The van der Waals surface area contributed by atoms with Crippen LogP contribution in [-0.2, 0) is 67.8 Å². The summed E-state index contributed by atoms with van der Waals surface area (Å²) in [6.45, 7) is 5.22. The summed E-state index contributed by atoms with van der Waals surface area (Å²) in [6.07, 6.45) is -19.7. The maximum Gasteiger partial charge on any atom is 0.410 e. The number of phenolic OH excluding ortho intramolecular Hbond substituents is 1. The van der Waals surface area contributed by atoms with Gasteiger partial charge in [0.25, 0.3) is 0 Å². The fourth-order valence-electron chi connectivity index (χ4n) is 24.4. The van der Waals surface area contributed by atoms with Gasteiger partial charge in [0.15, 0.2) is 41.2 Å². The highest BCUT2D eigenvalue weighted by Gasteiger charge is 2.56. The van der Waals surface area contributed by atoms with E-state index in [4.69, 9.17) is 66.8 Å². The Balaban J connectivity index is 0.702. The minimum Gasteiger partial charge on any atom is -0.508 e. The van der Waals surface area contributed by atoms with E-state index in [0.717, 1.165) is 106 Å². The summed E-state index contributed by atoms with van der Waals surface area (Å²) < 4.78 is 52.3. The number of amides is 7. The zero-order valence-corrected chi connectivity index (χ0v) is 81.7. The Hall–Kier alpha value is -12.8. The highest BCUT2D eigenvalue weighted by atomic mass is 35.5. The molecule has 23 rings (SSSR count). The number of rotatable bonds is 20. The molecule has 0 spiro atoms. The predicted octanol–water partition coefficient (Wildman–Crippen LogP) is 11.4. The van der Waals surface area contributed by atoms with Crippen molar-refractivity contribution in [2.45, 2.75) is 219 Å². The molecule has 7 aliphatic heterocycles. The summed E-state index contributed by atoms with van der Waals surface area (Å²) >= 11 is 14.8. The van der Waals surface area contributed by atoms with Gasteiger partial charge in [0.1, 0.15) is 97.3 Å². The second-order valence-electron chi connectivity index (χ2n) is 41.4. The molecule has 16 N–H and O–H groups in total. The number of aromatic hydroxyl groups is 1. The summed E-state index contributed by atoms with van der Waals surface area (Å²) in [5.41, 5.74) is 10.1. The maximum atomic E-state index is 17.0. The number of ketones is 3. The van der Waals surface area contributed by atoms with Gasteiger partial charge in [-0.25, -0.2) is 9.59 Å². The predicted molar refractivity (Wildman–Crippen MR) is 524 cm³/mol. The third-order valence-electron chi connectivity index (χ3n) is 31.5. The molecule has 2 saturated heterocycles. The number of halogens is 2. The van der Waals surface area contributed by atoms with Crippen molar-refractivity contribution in [1.82, 2.24) is 31.5 Å². The zero-order chi connectivity index (χ0) is 103.